The second kappa shape index (κ2) is 12.0. The van der Waals surface area contributed by atoms with E-state index >= 15 is 0 Å². The minimum atomic E-state index is -0.926. The second-order valence-corrected chi connectivity index (χ2v) is 10.1. The monoisotopic (exact) mass is 543 g/mol. The highest BCUT2D eigenvalue weighted by atomic mass is 16.7. The number of carbonyl (C=O) groups is 2. The van der Waals surface area contributed by atoms with Gasteiger partial charge in [-0.2, -0.15) is 0 Å². The highest BCUT2D eigenvalue weighted by Gasteiger charge is 2.38. The first-order chi connectivity index (χ1) is 19.3. The van der Waals surface area contributed by atoms with Crippen molar-refractivity contribution in [3.8, 4) is 0 Å². The summed E-state index contributed by atoms with van der Waals surface area (Å²) in [6.07, 6.45) is -0.308. The zero-order valence-corrected chi connectivity index (χ0v) is 22.7. The predicted octanol–water partition coefficient (Wildman–Crippen LogP) is 4.91. The summed E-state index contributed by atoms with van der Waals surface area (Å²) < 4.78 is 20.2. The van der Waals surface area contributed by atoms with Crippen LogP contribution in [0.25, 0.3) is 11.0 Å². The Morgan fingerprint density at radius 2 is 1.82 bits per heavy atom. The van der Waals surface area contributed by atoms with E-state index in [-0.39, 0.29) is 24.7 Å². The van der Waals surface area contributed by atoms with Gasteiger partial charge < -0.3 is 29.2 Å². The third kappa shape index (κ3) is 6.07. The number of fused-ring (bicyclic) bond motifs is 1. The van der Waals surface area contributed by atoms with Gasteiger partial charge in [0.1, 0.15) is 0 Å². The number of nitrogens with one attached hydrogen (secondary N) is 1. The molecule has 0 saturated carbocycles. The van der Waals surface area contributed by atoms with E-state index in [9.17, 15) is 14.7 Å². The number of amides is 1. The van der Waals surface area contributed by atoms with Gasteiger partial charge in [0.2, 0.25) is 0 Å². The number of esters is 1. The first-order valence-corrected chi connectivity index (χ1v) is 13.3. The minimum absolute atomic E-state index is 0.00940. The first kappa shape index (κ1) is 27.5. The molecule has 1 saturated heterocycles. The van der Waals surface area contributed by atoms with Gasteiger partial charge in [0.25, 0.3) is 5.91 Å². The molecule has 1 aliphatic rings. The molecule has 2 N–H and O–H groups in total. The molecule has 5 rings (SSSR count). The number of nitrogens with zero attached hydrogens (tertiary/aromatic N) is 2. The Balaban J connectivity index is 1.43. The maximum absolute atomic E-state index is 12.5. The van der Waals surface area contributed by atoms with Crippen LogP contribution >= 0.6 is 0 Å². The molecule has 0 spiro atoms. The molecule has 40 heavy (non-hydrogen) atoms. The van der Waals surface area contributed by atoms with Gasteiger partial charge in [-0.3, -0.25) is 9.59 Å². The molecule has 0 bridgehead atoms. The van der Waals surface area contributed by atoms with Crippen molar-refractivity contribution in [1.29, 1.82) is 0 Å². The molecule has 0 radical (unpaired) electrons. The third-order valence-corrected chi connectivity index (χ3v) is 7.17. The maximum Gasteiger partial charge on any atom is 0.303 e. The van der Waals surface area contributed by atoms with E-state index in [1.165, 1.54) is 13.8 Å². The molecular formula is C31H33N3O6. The van der Waals surface area contributed by atoms with Crippen molar-refractivity contribution in [3.05, 3.63) is 95.8 Å². The van der Waals surface area contributed by atoms with E-state index < -0.39 is 24.3 Å². The summed E-state index contributed by atoms with van der Waals surface area (Å²) in [5.41, 5.74) is 5.03. The molecule has 0 aliphatic carbocycles. The van der Waals surface area contributed by atoms with Crippen molar-refractivity contribution >= 4 is 28.6 Å². The summed E-state index contributed by atoms with van der Waals surface area (Å²) >= 11 is 0. The lowest BCUT2D eigenvalue weighted by Gasteiger charge is -2.41. The highest BCUT2D eigenvalue weighted by Crippen LogP contribution is 2.42. The fraction of sp³-hybridized carbons (Fsp3) is 0.323. The molecule has 0 unspecified atom stereocenters. The number of ether oxygens (including phenoxy) is 3. The van der Waals surface area contributed by atoms with E-state index in [1.807, 2.05) is 67.0 Å². The first-order valence-electron chi connectivity index (χ1n) is 13.3. The Morgan fingerprint density at radius 1 is 1.05 bits per heavy atom. The Labute approximate surface area is 232 Å². The van der Waals surface area contributed by atoms with Crippen LogP contribution in [-0.2, 0) is 37.0 Å². The van der Waals surface area contributed by atoms with Crippen LogP contribution in [0.3, 0.4) is 0 Å². The standard InChI is InChI=1S/C31H33N3O6/c1-19-28(16-34-18-32-26-9-4-5-10-27(26)34)39-31(40-29(19)23-13-11-22(17-35)12-14-23)24-7-6-8-25(15-24)33-30(37)20(2)38-21(3)36/h4-15,18-20,28-29,31,35H,16-17H2,1-3H3,(H,33,37)/t19-,20+,28+,29+,31+/m1/s1. The Bertz CT molecular complexity index is 1480. The van der Waals surface area contributed by atoms with E-state index in [4.69, 9.17) is 14.2 Å². The van der Waals surface area contributed by atoms with Gasteiger partial charge in [-0.05, 0) is 42.3 Å². The number of aliphatic hydroxyl groups excluding tert-OH is 1. The maximum atomic E-state index is 12.5. The molecule has 3 aromatic carbocycles. The fourth-order valence-electron chi connectivity index (χ4n) is 4.99. The number of aliphatic hydroxyl groups is 1. The van der Waals surface area contributed by atoms with E-state index in [1.54, 1.807) is 12.1 Å². The molecule has 9 heteroatoms. The largest absolute Gasteiger partial charge is 0.453 e. The third-order valence-electron chi connectivity index (χ3n) is 7.17. The summed E-state index contributed by atoms with van der Waals surface area (Å²) in [5, 5.41) is 12.3. The SMILES string of the molecule is CC(=O)O[C@@H](C)C(=O)Nc1cccc([C@H]2O[C@@H](Cn3cnc4ccccc43)[C@@H](C)[C@@H](c3ccc(CO)cc3)O2)c1. The average Bonchev–Trinajstić information content (AvgIpc) is 3.36. The van der Waals surface area contributed by atoms with Crippen LogP contribution in [0.1, 0.15) is 49.9 Å². The smallest absolute Gasteiger partial charge is 0.303 e. The zero-order chi connectivity index (χ0) is 28.2. The summed E-state index contributed by atoms with van der Waals surface area (Å²) in [4.78, 5) is 28.3. The molecule has 208 valence electrons. The zero-order valence-electron chi connectivity index (χ0n) is 22.7. The summed E-state index contributed by atoms with van der Waals surface area (Å²) in [6, 6.07) is 23.0. The normalized spacial score (nSPS) is 21.6. The lowest BCUT2D eigenvalue weighted by molar-refractivity contribution is -0.276. The molecule has 9 nitrogen and oxygen atoms in total. The van der Waals surface area contributed by atoms with Gasteiger partial charge in [-0.25, -0.2) is 4.98 Å². The van der Waals surface area contributed by atoms with Crippen LogP contribution in [0.5, 0.6) is 0 Å². The highest BCUT2D eigenvalue weighted by molar-refractivity contribution is 5.95. The van der Waals surface area contributed by atoms with E-state index in [0.717, 1.165) is 27.7 Å². The fourth-order valence-corrected chi connectivity index (χ4v) is 4.99. The van der Waals surface area contributed by atoms with Gasteiger partial charge in [-0.1, -0.05) is 55.5 Å². The molecule has 5 atom stereocenters. The number of imidazole rings is 1. The van der Waals surface area contributed by atoms with Crippen molar-refractivity contribution in [2.45, 2.75) is 58.5 Å². The van der Waals surface area contributed by atoms with E-state index in [0.29, 0.717) is 12.2 Å². The summed E-state index contributed by atoms with van der Waals surface area (Å²) in [7, 11) is 0. The molecule has 4 aromatic rings. The number of benzene rings is 3. The van der Waals surface area contributed by atoms with Crippen molar-refractivity contribution in [1.82, 2.24) is 9.55 Å². The van der Waals surface area contributed by atoms with Crippen molar-refractivity contribution in [2.24, 2.45) is 5.92 Å². The van der Waals surface area contributed by atoms with Crippen LogP contribution in [0.15, 0.2) is 79.1 Å². The number of rotatable bonds is 8. The predicted molar refractivity (Wildman–Crippen MR) is 149 cm³/mol. The number of carbonyl (C=O) groups excluding carboxylic acids is 2. The van der Waals surface area contributed by atoms with Gasteiger partial charge in [0.05, 0.1) is 42.7 Å². The summed E-state index contributed by atoms with van der Waals surface area (Å²) in [6.45, 7) is 5.44. The van der Waals surface area contributed by atoms with Crippen LogP contribution < -0.4 is 5.32 Å². The minimum Gasteiger partial charge on any atom is -0.453 e. The lowest BCUT2D eigenvalue weighted by atomic mass is 9.90. The van der Waals surface area contributed by atoms with Gasteiger partial charge in [0.15, 0.2) is 12.4 Å². The number of hydrogen-bond donors (Lipinski definition) is 2. The van der Waals surface area contributed by atoms with Crippen molar-refractivity contribution < 1.29 is 28.9 Å². The Kier molecular flexibility index (Phi) is 8.25. The topological polar surface area (TPSA) is 112 Å². The van der Waals surface area contributed by atoms with Crippen molar-refractivity contribution in [2.75, 3.05) is 5.32 Å². The van der Waals surface area contributed by atoms with Gasteiger partial charge >= 0.3 is 5.97 Å². The van der Waals surface area contributed by atoms with Crippen LogP contribution in [0.2, 0.25) is 0 Å². The second-order valence-electron chi connectivity index (χ2n) is 10.1. The molecule has 1 amide bonds. The van der Waals surface area contributed by atoms with Gasteiger partial charge in [0, 0.05) is 24.1 Å². The van der Waals surface area contributed by atoms with Crippen LogP contribution in [0.4, 0.5) is 5.69 Å². The number of anilines is 1. The quantitative estimate of drug-likeness (QED) is 0.304. The number of para-hydroxylation sites is 2. The molecule has 2 heterocycles. The molecule has 1 fully saturated rings. The van der Waals surface area contributed by atoms with Gasteiger partial charge in [-0.15, -0.1) is 0 Å². The summed E-state index contributed by atoms with van der Waals surface area (Å²) in [5.74, 6) is -0.965. The van der Waals surface area contributed by atoms with Crippen LogP contribution in [-0.4, -0.2) is 38.7 Å². The molecule has 1 aromatic heterocycles. The number of aromatic nitrogens is 2. The Morgan fingerprint density at radius 3 is 2.58 bits per heavy atom. The Hall–Kier alpha value is -4.05. The average molecular weight is 544 g/mol. The van der Waals surface area contributed by atoms with Crippen molar-refractivity contribution in [3.63, 3.8) is 0 Å². The molecular weight excluding hydrogens is 510 g/mol. The van der Waals surface area contributed by atoms with E-state index in [2.05, 4.69) is 21.8 Å². The lowest BCUT2D eigenvalue weighted by Crippen LogP contribution is -2.39. The molecule has 1 aliphatic heterocycles. The van der Waals surface area contributed by atoms with Crippen LogP contribution in [0, 0.1) is 5.92 Å². The number of hydrogen-bond acceptors (Lipinski definition) is 7.